The van der Waals surface area contributed by atoms with Gasteiger partial charge in [-0.3, -0.25) is 4.99 Å². The summed E-state index contributed by atoms with van der Waals surface area (Å²) in [6.45, 7) is 9.55. The van der Waals surface area contributed by atoms with E-state index in [1.54, 1.807) is 4.90 Å². The van der Waals surface area contributed by atoms with Gasteiger partial charge in [-0.2, -0.15) is 5.10 Å². The molecule has 13 heteroatoms. The Balaban J connectivity index is 0.000000163. The number of hydrogen-bond donors (Lipinski definition) is 1. The standard InChI is InChI=1S/C32H26BrN5.C19H21BrN4O2/c33-30-27-19-28-23(21-35-31(36-28)22-16-17-34-20-22)18-29(27)38(37-30)32(24-10-4-1-5-11-24,25-12-6-2-7-13-25)26-14-8-3-9-15-26;1-19(2,3)26-18(25)24-5-4-11(10-24)17-22-9-13-6-12-8-21-16(20)14(12)7-15(13)23-17/h1-15,18-19,21-22,34H,16-17,20H2;6-7,9,11H,4-5,8,10H2,1-3H3/t22-;11-/m11/s1. The van der Waals surface area contributed by atoms with Crippen molar-refractivity contribution in [2.75, 3.05) is 26.2 Å². The van der Waals surface area contributed by atoms with E-state index in [0.717, 1.165) is 102 Å². The van der Waals surface area contributed by atoms with E-state index < -0.39 is 11.1 Å². The van der Waals surface area contributed by atoms with Crippen molar-refractivity contribution in [2.24, 2.45) is 4.99 Å². The summed E-state index contributed by atoms with van der Waals surface area (Å²) in [5.41, 5.74) is 7.39. The van der Waals surface area contributed by atoms with Gasteiger partial charge in [0.05, 0.1) is 23.1 Å². The van der Waals surface area contributed by atoms with E-state index in [0.29, 0.717) is 25.6 Å². The topological polar surface area (TPSA) is 123 Å². The molecule has 3 aliphatic rings. The second kappa shape index (κ2) is 17.2. The van der Waals surface area contributed by atoms with Crippen molar-refractivity contribution in [1.29, 1.82) is 0 Å². The number of halogens is 2. The largest absolute Gasteiger partial charge is 0.444 e. The van der Waals surface area contributed by atoms with E-state index in [1.807, 2.05) is 33.2 Å². The molecule has 5 aromatic carbocycles. The molecule has 6 heterocycles. The van der Waals surface area contributed by atoms with Gasteiger partial charge < -0.3 is 15.0 Å². The summed E-state index contributed by atoms with van der Waals surface area (Å²) >= 11 is 7.32. The predicted octanol–water partition coefficient (Wildman–Crippen LogP) is 10.7. The Bertz CT molecular complexity index is 2940. The molecule has 0 spiro atoms. The first-order valence-electron chi connectivity index (χ1n) is 21.8. The molecule has 1 amide bonds. The molecule has 322 valence electrons. The highest BCUT2D eigenvalue weighted by Crippen LogP contribution is 2.44. The van der Waals surface area contributed by atoms with Crippen molar-refractivity contribution in [3.05, 3.63) is 172 Å². The SMILES string of the molecule is Brc1nn(C(c2ccccc2)(c2ccccc2)c2ccccc2)c2cc3cnc([C@@H]4CCNC4)nc3cc12.CC(C)(C)OC(=O)N1CC[C@@H](c2ncc3cc4c(cc3n2)C(Br)=NC4)C1. The zero-order valence-corrected chi connectivity index (χ0v) is 39.1. The molecule has 11 rings (SSSR count). The highest BCUT2D eigenvalue weighted by molar-refractivity contribution is 9.18. The maximum atomic E-state index is 12.3. The lowest BCUT2D eigenvalue weighted by Gasteiger charge is -2.37. The number of benzene rings is 5. The van der Waals surface area contributed by atoms with Crippen molar-refractivity contribution >= 4 is 75.3 Å². The monoisotopic (exact) mass is 975 g/mol. The van der Waals surface area contributed by atoms with Crippen LogP contribution in [0.25, 0.3) is 32.7 Å². The van der Waals surface area contributed by atoms with E-state index in [2.05, 4.69) is 167 Å². The lowest BCUT2D eigenvalue weighted by molar-refractivity contribution is 0.0292. The molecule has 11 nitrogen and oxygen atoms in total. The molecule has 3 aromatic heterocycles. The third-order valence-corrected chi connectivity index (χ3v) is 13.6. The van der Waals surface area contributed by atoms with Gasteiger partial charge in [-0.1, -0.05) is 91.0 Å². The van der Waals surface area contributed by atoms with Gasteiger partial charge in [-0.15, -0.1) is 0 Å². The highest BCUT2D eigenvalue weighted by atomic mass is 79.9. The molecule has 64 heavy (non-hydrogen) atoms. The van der Waals surface area contributed by atoms with Crippen LogP contribution >= 0.6 is 31.9 Å². The number of aromatic nitrogens is 6. The second-order valence-corrected chi connectivity index (χ2v) is 19.2. The van der Waals surface area contributed by atoms with Crippen LogP contribution in [-0.4, -0.2) is 77.1 Å². The maximum absolute atomic E-state index is 12.3. The van der Waals surface area contributed by atoms with Gasteiger partial charge in [-0.05, 0) is 119 Å². The van der Waals surface area contributed by atoms with E-state index in [1.165, 1.54) is 5.56 Å². The number of hydrogen-bond acceptors (Lipinski definition) is 9. The van der Waals surface area contributed by atoms with Crippen LogP contribution in [0.3, 0.4) is 0 Å². The normalized spacial score (nSPS) is 17.4. The Morgan fingerprint density at radius 2 is 1.34 bits per heavy atom. The van der Waals surface area contributed by atoms with Crippen molar-refractivity contribution in [1.82, 2.24) is 39.9 Å². The van der Waals surface area contributed by atoms with Gasteiger partial charge >= 0.3 is 6.09 Å². The van der Waals surface area contributed by atoms with E-state index in [4.69, 9.17) is 24.8 Å². The van der Waals surface area contributed by atoms with E-state index >= 15 is 0 Å². The lowest BCUT2D eigenvalue weighted by atomic mass is 9.77. The van der Waals surface area contributed by atoms with Crippen molar-refractivity contribution in [3.8, 4) is 0 Å². The highest BCUT2D eigenvalue weighted by Gasteiger charge is 2.41. The molecular formula is C51H47Br2N9O2. The van der Waals surface area contributed by atoms with Crippen LogP contribution in [0.2, 0.25) is 0 Å². The Morgan fingerprint density at radius 1 is 0.750 bits per heavy atom. The number of fused-ring (bicyclic) bond motifs is 4. The Morgan fingerprint density at radius 3 is 1.94 bits per heavy atom. The first-order chi connectivity index (χ1) is 31.0. The quantitative estimate of drug-likeness (QED) is 0.163. The summed E-state index contributed by atoms with van der Waals surface area (Å²) in [6, 6.07) is 40.4. The Kier molecular flexibility index (Phi) is 11.3. The summed E-state index contributed by atoms with van der Waals surface area (Å²) in [5, 5.41) is 11.7. The average molecular weight is 978 g/mol. The fourth-order valence-electron chi connectivity index (χ4n) is 9.21. The molecule has 2 atom stereocenters. The first kappa shape index (κ1) is 42.1. The third-order valence-electron chi connectivity index (χ3n) is 12.3. The molecule has 0 aliphatic carbocycles. The second-order valence-electron chi connectivity index (χ2n) is 17.7. The van der Waals surface area contributed by atoms with E-state index in [9.17, 15) is 4.79 Å². The van der Waals surface area contributed by atoms with Gasteiger partial charge in [0.15, 0.2) is 0 Å². The van der Waals surface area contributed by atoms with Gasteiger partial charge in [0.1, 0.15) is 32.0 Å². The predicted molar refractivity (Wildman–Crippen MR) is 259 cm³/mol. The summed E-state index contributed by atoms with van der Waals surface area (Å²) in [4.78, 5) is 37.5. The molecule has 0 radical (unpaired) electrons. The molecular weight excluding hydrogens is 930 g/mol. The molecule has 3 aliphatic heterocycles. The van der Waals surface area contributed by atoms with Crippen LogP contribution in [0.5, 0.6) is 0 Å². The van der Waals surface area contributed by atoms with Crippen LogP contribution < -0.4 is 5.32 Å². The van der Waals surface area contributed by atoms with Crippen LogP contribution in [0.1, 0.15) is 84.9 Å². The van der Waals surface area contributed by atoms with Crippen LogP contribution in [0.4, 0.5) is 4.79 Å². The fourth-order valence-corrected chi connectivity index (χ4v) is 10.2. The number of carbonyl (C=O) groups excluding carboxylic acids is 1. The molecule has 1 N–H and O–H groups in total. The van der Waals surface area contributed by atoms with Gasteiger partial charge in [0, 0.05) is 65.6 Å². The molecule has 2 fully saturated rings. The van der Waals surface area contributed by atoms with Crippen molar-refractivity contribution in [2.45, 2.75) is 63.1 Å². The number of ether oxygens (including phenoxy) is 1. The number of nitrogens with one attached hydrogen (secondary N) is 1. The Labute approximate surface area is 388 Å². The van der Waals surface area contributed by atoms with E-state index in [-0.39, 0.29) is 12.0 Å². The van der Waals surface area contributed by atoms with Gasteiger partial charge in [0.2, 0.25) is 0 Å². The zero-order valence-electron chi connectivity index (χ0n) is 35.9. The number of carbonyl (C=O) groups is 1. The van der Waals surface area contributed by atoms with Crippen LogP contribution in [0.15, 0.2) is 137 Å². The number of amides is 1. The summed E-state index contributed by atoms with van der Waals surface area (Å²) in [7, 11) is 0. The van der Waals surface area contributed by atoms with Crippen LogP contribution in [0, 0.1) is 0 Å². The maximum Gasteiger partial charge on any atom is 0.410 e. The zero-order chi connectivity index (χ0) is 44.0. The minimum absolute atomic E-state index is 0.136. The first-order valence-corrected chi connectivity index (χ1v) is 23.3. The number of likely N-dealkylation sites (tertiary alicyclic amines) is 1. The summed E-state index contributed by atoms with van der Waals surface area (Å²) in [5.74, 6) is 2.20. The average Bonchev–Trinajstić information content (AvgIpc) is 4.15. The molecule has 0 saturated carbocycles. The molecule has 0 bridgehead atoms. The van der Waals surface area contributed by atoms with Crippen molar-refractivity contribution < 1.29 is 9.53 Å². The number of aliphatic imine (C=N–C) groups is 1. The molecule has 8 aromatic rings. The third kappa shape index (κ3) is 7.98. The van der Waals surface area contributed by atoms with Crippen molar-refractivity contribution in [3.63, 3.8) is 0 Å². The van der Waals surface area contributed by atoms with Gasteiger partial charge in [0.25, 0.3) is 0 Å². The molecule has 2 saturated heterocycles. The number of rotatable bonds is 6. The molecule has 0 unspecified atom stereocenters. The lowest BCUT2D eigenvalue weighted by Crippen LogP contribution is -2.38. The summed E-state index contributed by atoms with van der Waals surface area (Å²) in [6.07, 6.45) is 5.50. The Hall–Kier alpha value is -5.89. The van der Waals surface area contributed by atoms with Crippen LogP contribution in [-0.2, 0) is 16.8 Å². The smallest absolute Gasteiger partial charge is 0.410 e. The minimum Gasteiger partial charge on any atom is -0.444 e. The number of nitrogens with zero attached hydrogens (tertiary/aromatic N) is 8. The van der Waals surface area contributed by atoms with Gasteiger partial charge in [-0.25, -0.2) is 29.4 Å². The minimum atomic E-state index is -0.696. The summed E-state index contributed by atoms with van der Waals surface area (Å²) < 4.78 is 9.31. The fraction of sp³-hybridized carbons (Fsp3) is 0.275.